The Morgan fingerprint density at radius 2 is 1.86 bits per heavy atom. The van der Waals surface area contributed by atoms with Crippen molar-refractivity contribution in [2.24, 2.45) is 0 Å². The van der Waals surface area contributed by atoms with E-state index < -0.39 is 29.4 Å². The fourth-order valence-corrected chi connectivity index (χ4v) is 3.89. The minimum Gasteiger partial charge on any atom is -0.465 e. The second kappa shape index (κ2) is 10.2. The molecule has 35 heavy (non-hydrogen) atoms. The van der Waals surface area contributed by atoms with Crippen molar-refractivity contribution < 1.29 is 32.2 Å². The number of pyridine rings is 1. The van der Waals surface area contributed by atoms with Crippen LogP contribution in [0.3, 0.4) is 0 Å². The lowest BCUT2D eigenvalue weighted by Gasteiger charge is -2.15. The molecule has 0 amide bonds. The average molecular weight is 506 g/mol. The number of carbonyl (C=O) groups excluding carboxylic acids is 2. The number of esters is 2. The van der Waals surface area contributed by atoms with E-state index in [4.69, 9.17) is 26.3 Å². The molecule has 2 heterocycles. The number of aromatic nitrogens is 2. The van der Waals surface area contributed by atoms with Gasteiger partial charge >= 0.3 is 18.1 Å². The molecule has 3 aromatic rings. The lowest BCUT2D eigenvalue weighted by molar-refractivity contribution is -0.144. The second-order valence-electron chi connectivity index (χ2n) is 7.35. The summed E-state index contributed by atoms with van der Waals surface area (Å²) in [5.74, 6) is -1.93. The van der Waals surface area contributed by atoms with Gasteiger partial charge in [0.1, 0.15) is 10.8 Å². The molecule has 0 aliphatic heterocycles. The van der Waals surface area contributed by atoms with Gasteiger partial charge in [-0.25, -0.2) is 14.6 Å². The number of alkyl halides is 3. The minimum atomic E-state index is -4.93. The summed E-state index contributed by atoms with van der Waals surface area (Å²) >= 11 is 5.98. The van der Waals surface area contributed by atoms with Crippen molar-refractivity contribution >= 4 is 23.5 Å². The standard InChI is InChI=1S/C24H19ClF3N3O4/c1-4-35-22(32)17-9-15(11-30-21(17)25)12-31-13(2)18(16-7-5-14(10-29)6-8-16)19(23(33)34-3)20(31)24(26,27)28/h5-9,11H,4,12H2,1-3H3. The molecule has 1 aromatic carbocycles. The molecule has 0 spiro atoms. The Bertz CT molecular complexity index is 1330. The fourth-order valence-electron chi connectivity index (χ4n) is 3.71. The number of benzene rings is 1. The van der Waals surface area contributed by atoms with Crippen LogP contribution in [0.15, 0.2) is 36.5 Å². The van der Waals surface area contributed by atoms with Crippen molar-refractivity contribution in [3.63, 3.8) is 0 Å². The molecule has 0 fully saturated rings. The topological polar surface area (TPSA) is 94.2 Å². The number of nitrogens with zero attached hydrogens (tertiary/aromatic N) is 3. The Labute approximate surface area is 203 Å². The Morgan fingerprint density at radius 3 is 2.40 bits per heavy atom. The van der Waals surface area contributed by atoms with Crippen LogP contribution in [0, 0.1) is 18.3 Å². The van der Waals surface area contributed by atoms with E-state index in [1.807, 2.05) is 6.07 Å². The van der Waals surface area contributed by atoms with Crippen LogP contribution < -0.4 is 0 Å². The summed E-state index contributed by atoms with van der Waals surface area (Å²) in [6, 6.07) is 9.03. The van der Waals surface area contributed by atoms with Crippen LogP contribution in [0.25, 0.3) is 11.1 Å². The molecule has 0 bridgehead atoms. The molecule has 0 N–H and O–H groups in total. The highest BCUT2D eigenvalue weighted by Gasteiger charge is 2.43. The molecule has 0 aliphatic carbocycles. The third-order valence-electron chi connectivity index (χ3n) is 5.22. The quantitative estimate of drug-likeness (QED) is 0.328. The van der Waals surface area contributed by atoms with Crippen LogP contribution >= 0.6 is 11.6 Å². The summed E-state index contributed by atoms with van der Waals surface area (Å²) in [6.07, 6.45) is -3.69. The van der Waals surface area contributed by atoms with E-state index in [0.29, 0.717) is 11.1 Å². The van der Waals surface area contributed by atoms with Gasteiger partial charge in [-0.2, -0.15) is 18.4 Å². The number of hydrogen-bond donors (Lipinski definition) is 0. The summed E-state index contributed by atoms with van der Waals surface area (Å²) in [6.45, 7) is 2.73. The monoisotopic (exact) mass is 505 g/mol. The zero-order valence-corrected chi connectivity index (χ0v) is 19.6. The van der Waals surface area contributed by atoms with Gasteiger partial charge in [-0.15, -0.1) is 0 Å². The molecule has 0 radical (unpaired) electrons. The number of rotatable bonds is 6. The lowest BCUT2D eigenvalue weighted by Crippen LogP contribution is -2.19. The van der Waals surface area contributed by atoms with E-state index in [2.05, 4.69) is 4.98 Å². The molecule has 0 atom stereocenters. The van der Waals surface area contributed by atoms with Crippen molar-refractivity contribution in [2.45, 2.75) is 26.6 Å². The molecule has 11 heteroatoms. The predicted molar refractivity (Wildman–Crippen MR) is 120 cm³/mol. The van der Waals surface area contributed by atoms with Gasteiger partial charge in [0, 0.05) is 24.0 Å². The molecule has 0 saturated carbocycles. The van der Waals surface area contributed by atoms with Crippen LogP contribution in [0.1, 0.15) is 50.2 Å². The van der Waals surface area contributed by atoms with Crippen LogP contribution in [-0.2, 0) is 22.2 Å². The number of methoxy groups -OCH3 is 1. The van der Waals surface area contributed by atoms with Gasteiger partial charge in [-0.1, -0.05) is 23.7 Å². The minimum absolute atomic E-state index is 0.0150. The smallest absolute Gasteiger partial charge is 0.432 e. The Kier molecular flexibility index (Phi) is 7.51. The van der Waals surface area contributed by atoms with Crippen molar-refractivity contribution in [1.82, 2.24) is 9.55 Å². The molecular weight excluding hydrogens is 487 g/mol. The van der Waals surface area contributed by atoms with Crippen LogP contribution in [0.5, 0.6) is 0 Å². The highest BCUT2D eigenvalue weighted by Crippen LogP contribution is 2.42. The number of carbonyl (C=O) groups is 2. The predicted octanol–water partition coefficient (Wildman–Crippen LogP) is 5.41. The van der Waals surface area contributed by atoms with Crippen molar-refractivity contribution in [3.05, 3.63) is 75.3 Å². The zero-order valence-electron chi connectivity index (χ0n) is 18.9. The molecule has 3 rings (SSSR count). The molecule has 0 aliphatic rings. The summed E-state index contributed by atoms with van der Waals surface area (Å²) in [5, 5.41) is 8.89. The fraction of sp³-hybridized carbons (Fsp3) is 0.250. The Hall–Kier alpha value is -3.84. The van der Waals surface area contributed by atoms with Gasteiger partial charge in [-0.3, -0.25) is 0 Å². The van der Waals surface area contributed by atoms with E-state index in [9.17, 15) is 22.8 Å². The average Bonchev–Trinajstić information content (AvgIpc) is 3.12. The highest BCUT2D eigenvalue weighted by molar-refractivity contribution is 6.32. The zero-order chi connectivity index (χ0) is 25.9. The van der Waals surface area contributed by atoms with E-state index in [1.165, 1.54) is 43.5 Å². The summed E-state index contributed by atoms with van der Waals surface area (Å²) in [4.78, 5) is 28.7. The first-order valence-electron chi connectivity index (χ1n) is 10.2. The van der Waals surface area contributed by atoms with Gasteiger partial charge in [-0.05, 0) is 43.2 Å². The largest absolute Gasteiger partial charge is 0.465 e. The van der Waals surface area contributed by atoms with Gasteiger partial charge in [0.25, 0.3) is 0 Å². The van der Waals surface area contributed by atoms with E-state index in [0.717, 1.165) is 11.7 Å². The summed E-state index contributed by atoms with van der Waals surface area (Å²) in [5.41, 5.74) is -0.999. The number of hydrogen-bond acceptors (Lipinski definition) is 6. The maximum atomic E-state index is 14.3. The Balaban J connectivity index is 2.26. The molecule has 182 valence electrons. The summed E-state index contributed by atoms with van der Waals surface area (Å²) in [7, 11) is 0.993. The van der Waals surface area contributed by atoms with Crippen molar-refractivity contribution in [3.8, 4) is 17.2 Å². The van der Waals surface area contributed by atoms with Gasteiger partial charge in [0.05, 0.1) is 36.5 Å². The van der Waals surface area contributed by atoms with Crippen molar-refractivity contribution in [2.75, 3.05) is 13.7 Å². The van der Waals surface area contributed by atoms with Gasteiger partial charge < -0.3 is 14.0 Å². The van der Waals surface area contributed by atoms with Crippen LogP contribution in [0.2, 0.25) is 5.15 Å². The van der Waals surface area contributed by atoms with E-state index >= 15 is 0 Å². The third-order valence-corrected chi connectivity index (χ3v) is 5.52. The van der Waals surface area contributed by atoms with Gasteiger partial charge in [0.2, 0.25) is 0 Å². The number of nitriles is 1. The first kappa shape index (κ1) is 25.8. The first-order valence-corrected chi connectivity index (χ1v) is 10.6. The lowest BCUT2D eigenvalue weighted by atomic mass is 9.99. The number of ether oxygens (including phenoxy) is 2. The molecule has 2 aromatic heterocycles. The Morgan fingerprint density at radius 1 is 1.20 bits per heavy atom. The molecule has 7 nitrogen and oxygen atoms in total. The SMILES string of the molecule is CCOC(=O)c1cc(Cn2c(C)c(-c3ccc(C#N)cc3)c(C(=O)OC)c2C(F)(F)F)cnc1Cl. The first-order chi connectivity index (χ1) is 16.5. The van der Waals surface area contributed by atoms with E-state index in [-0.39, 0.29) is 40.7 Å². The third kappa shape index (κ3) is 5.15. The van der Waals surface area contributed by atoms with Gasteiger partial charge in [0.15, 0.2) is 0 Å². The second-order valence-corrected chi connectivity index (χ2v) is 7.71. The molecule has 0 saturated heterocycles. The number of halogens is 4. The summed E-state index contributed by atoms with van der Waals surface area (Å²) < 4.78 is 53.5. The van der Waals surface area contributed by atoms with E-state index in [1.54, 1.807) is 6.92 Å². The molecule has 0 unspecified atom stereocenters. The highest BCUT2D eigenvalue weighted by atomic mass is 35.5. The van der Waals surface area contributed by atoms with Crippen LogP contribution in [-0.4, -0.2) is 35.2 Å². The van der Waals surface area contributed by atoms with Crippen molar-refractivity contribution in [1.29, 1.82) is 5.26 Å². The normalized spacial score (nSPS) is 11.1. The maximum Gasteiger partial charge on any atom is 0.432 e. The van der Waals surface area contributed by atoms with Crippen LogP contribution in [0.4, 0.5) is 13.2 Å². The molecular formula is C24H19ClF3N3O4. The maximum absolute atomic E-state index is 14.3.